The number of likely N-dealkylation sites (tertiary alicyclic amines) is 1. The number of hydrogen-bond acceptors (Lipinski definition) is 3. The molecular weight excluding hydrogens is 224 g/mol. The number of pyridine rings is 1. The van der Waals surface area contributed by atoms with Gasteiger partial charge in [-0.3, -0.25) is 9.88 Å². The Hall–Kier alpha value is -1.61. The monoisotopic (exact) mass is 242 g/mol. The summed E-state index contributed by atoms with van der Waals surface area (Å²) in [6, 6.07) is 5.74. The lowest BCUT2D eigenvalue weighted by Gasteiger charge is -2.27. The summed E-state index contributed by atoms with van der Waals surface area (Å²) in [5.74, 6) is 0.390. The maximum atomic E-state index is 10.1. The molecule has 3 nitrogen and oxygen atoms in total. The first kappa shape index (κ1) is 11.5. The molecule has 1 saturated heterocycles. The van der Waals surface area contributed by atoms with Gasteiger partial charge in [-0.05, 0) is 43.5 Å². The Kier molecular flexibility index (Phi) is 3.15. The molecule has 2 aromatic rings. The van der Waals surface area contributed by atoms with E-state index in [1.807, 2.05) is 18.3 Å². The molecule has 0 atom stereocenters. The third kappa shape index (κ3) is 2.18. The number of nitrogens with zero attached hydrogens (tertiary/aromatic N) is 2. The summed E-state index contributed by atoms with van der Waals surface area (Å²) in [5.41, 5.74) is 1.02. The van der Waals surface area contributed by atoms with Crippen molar-refractivity contribution in [3.63, 3.8) is 0 Å². The summed E-state index contributed by atoms with van der Waals surface area (Å²) in [5, 5.41) is 12.3. The van der Waals surface area contributed by atoms with Gasteiger partial charge in [-0.15, -0.1) is 0 Å². The zero-order valence-electron chi connectivity index (χ0n) is 10.5. The molecule has 1 aliphatic rings. The van der Waals surface area contributed by atoms with E-state index in [9.17, 15) is 5.11 Å². The molecule has 1 fully saturated rings. The van der Waals surface area contributed by atoms with E-state index in [0.717, 1.165) is 36.0 Å². The van der Waals surface area contributed by atoms with Crippen molar-refractivity contribution in [2.45, 2.75) is 25.8 Å². The third-order valence-electron chi connectivity index (χ3n) is 3.74. The van der Waals surface area contributed by atoms with Gasteiger partial charge >= 0.3 is 0 Å². The predicted octanol–water partition coefficient (Wildman–Crippen LogP) is 2.93. The lowest BCUT2D eigenvalue weighted by Crippen LogP contribution is -2.29. The van der Waals surface area contributed by atoms with Gasteiger partial charge < -0.3 is 5.11 Å². The molecule has 1 aromatic carbocycles. The van der Waals surface area contributed by atoms with Gasteiger partial charge in [0.2, 0.25) is 0 Å². The van der Waals surface area contributed by atoms with Crippen LogP contribution >= 0.6 is 0 Å². The second-order valence-corrected chi connectivity index (χ2v) is 5.00. The quantitative estimate of drug-likeness (QED) is 0.879. The molecular formula is C15H18N2O. The number of benzene rings is 1. The molecule has 18 heavy (non-hydrogen) atoms. The molecule has 0 bridgehead atoms. The second kappa shape index (κ2) is 4.94. The summed E-state index contributed by atoms with van der Waals surface area (Å²) in [6.07, 6.45) is 7.52. The first-order chi connectivity index (χ1) is 8.84. The Morgan fingerprint density at radius 3 is 2.78 bits per heavy atom. The zero-order chi connectivity index (χ0) is 12.4. The largest absolute Gasteiger partial charge is 0.508 e. The molecule has 1 aromatic heterocycles. The SMILES string of the molecule is Oc1ccc2ccncc2c1CN1CCCCC1. The molecule has 0 spiro atoms. The van der Waals surface area contributed by atoms with Crippen LogP contribution in [0, 0.1) is 0 Å². The smallest absolute Gasteiger partial charge is 0.120 e. The van der Waals surface area contributed by atoms with E-state index in [0.29, 0.717) is 5.75 Å². The summed E-state index contributed by atoms with van der Waals surface area (Å²) < 4.78 is 0. The number of piperidine rings is 1. The molecule has 1 aliphatic heterocycles. The Labute approximate surface area is 107 Å². The van der Waals surface area contributed by atoms with Gasteiger partial charge in [0.15, 0.2) is 0 Å². The van der Waals surface area contributed by atoms with Crippen LogP contribution in [0.25, 0.3) is 10.8 Å². The normalized spacial score (nSPS) is 17.1. The summed E-state index contributed by atoms with van der Waals surface area (Å²) in [4.78, 5) is 6.60. The summed E-state index contributed by atoms with van der Waals surface area (Å²) in [7, 11) is 0. The fourth-order valence-electron chi connectivity index (χ4n) is 2.72. The molecule has 1 N–H and O–H groups in total. The van der Waals surface area contributed by atoms with Crippen LogP contribution in [0.15, 0.2) is 30.6 Å². The number of phenolic OH excluding ortho intramolecular Hbond substituents is 1. The van der Waals surface area contributed by atoms with Gasteiger partial charge in [0, 0.05) is 29.9 Å². The molecule has 3 heteroatoms. The minimum atomic E-state index is 0.390. The van der Waals surface area contributed by atoms with Crippen LogP contribution in [0.2, 0.25) is 0 Å². The van der Waals surface area contributed by atoms with Crippen molar-refractivity contribution in [2.75, 3.05) is 13.1 Å². The van der Waals surface area contributed by atoms with Crippen molar-refractivity contribution >= 4 is 10.8 Å². The van der Waals surface area contributed by atoms with E-state index in [4.69, 9.17) is 0 Å². The van der Waals surface area contributed by atoms with Gasteiger partial charge in [0.1, 0.15) is 5.75 Å². The Morgan fingerprint density at radius 1 is 1.11 bits per heavy atom. The van der Waals surface area contributed by atoms with E-state index < -0.39 is 0 Å². The Balaban J connectivity index is 1.96. The fourth-order valence-corrected chi connectivity index (χ4v) is 2.72. The van der Waals surface area contributed by atoms with Gasteiger partial charge in [-0.1, -0.05) is 12.5 Å². The highest BCUT2D eigenvalue weighted by Gasteiger charge is 2.14. The maximum Gasteiger partial charge on any atom is 0.120 e. The average Bonchev–Trinajstić information content (AvgIpc) is 2.43. The lowest BCUT2D eigenvalue weighted by molar-refractivity contribution is 0.219. The minimum Gasteiger partial charge on any atom is -0.508 e. The van der Waals surface area contributed by atoms with Crippen LogP contribution in [-0.2, 0) is 6.54 Å². The van der Waals surface area contributed by atoms with Gasteiger partial charge in [-0.2, -0.15) is 0 Å². The van der Waals surface area contributed by atoms with Crippen molar-refractivity contribution in [3.05, 3.63) is 36.2 Å². The zero-order valence-corrected chi connectivity index (χ0v) is 10.5. The number of fused-ring (bicyclic) bond motifs is 1. The first-order valence-electron chi connectivity index (χ1n) is 6.61. The molecule has 0 amide bonds. The molecule has 94 valence electrons. The van der Waals surface area contributed by atoms with Crippen molar-refractivity contribution in [1.82, 2.24) is 9.88 Å². The molecule has 2 heterocycles. The fraction of sp³-hybridized carbons (Fsp3) is 0.400. The van der Waals surface area contributed by atoms with Crippen molar-refractivity contribution in [3.8, 4) is 5.75 Å². The number of rotatable bonds is 2. The van der Waals surface area contributed by atoms with Gasteiger partial charge in [0.25, 0.3) is 0 Å². The van der Waals surface area contributed by atoms with E-state index in [-0.39, 0.29) is 0 Å². The van der Waals surface area contributed by atoms with Gasteiger partial charge in [-0.25, -0.2) is 0 Å². The van der Waals surface area contributed by atoms with Crippen LogP contribution in [0.1, 0.15) is 24.8 Å². The Bertz CT molecular complexity index is 547. The van der Waals surface area contributed by atoms with Crippen LogP contribution in [0.4, 0.5) is 0 Å². The van der Waals surface area contributed by atoms with Gasteiger partial charge in [0.05, 0.1) is 0 Å². The van der Waals surface area contributed by atoms with E-state index >= 15 is 0 Å². The first-order valence-corrected chi connectivity index (χ1v) is 6.61. The van der Waals surface area contributed by atoms with Crippen LogP contribution in [0.5, 0.6) is 5.75 Å². The molecule has 0 unspecified atom stereocenters. The summed E-state index contributed by atoms with van der Waals surface area (Å²) >= 11 is 0. The summed E-state index contributed by atoms with van der Waals surface area (Å²) in [6.45, 7) is 3.10. The molecule has 0 aliphatic carbocycles. The molecule has 0 radical (unpaired) electrons. The van der Waals surface area contributed by atoms with E-state index in [2.05, 4.69) is 9.88 Å². The van der Waals surface area contributed by atoms with E-state index in [1.165, 1.54) is 19.3 Å². The van der Waals surface area contributed by atoms with E-state index in [1.54, 1.807) is 12.3 Å². The lowest BCUT2D eigenvalue weighted by atomic mass is 10.0. The Morgan fingerprint density at radius 2 is 1.94 bits per heavy atom. The second-order valence-electron chi connectivity index (χ2n) is 5.00. The highest BCUT2D eigenvalue weighted by atomic mass is 16.3. The highest BCUT2D eigenvalue weighted by molar-refractivity contribution is 5.86. The number of aromatic hydroxyl groups is 1. The highest BCUT2D eigenvalue weighted by Crippen LogP contribution is 2.28. The van der Waals surface area contributed by atoms with Crippen molar-refractivity contribution in [1.29, 1.82) is 0 Å². The third-order valence-corrected chi connectivity index (χ3v) is 3.74. The minimum absolute atomic E-state index is 0.390. The van der Waals surface area contributed by atoms with Crippen LogP contribution < -0.4 is 0 Å². The molecule has 0 saturated carbocycles. The molecule has 3 rings (SSSR count). The maximum absolute atomic E-state index is 10.1. The topological polar surface area (TPSA) is 36.4 Å². The number of aromatic nitrogens is 1. The number of hydrogen-bond donors (Lipinski definition) is 1. The average molecular weight is 242 g/mol. The predicted molar refractivity (Wildman–Crippen MR) is 72.5 cm³/mol. The van der Waals surface area contributed by atoms with Crippen molar-refractivity contribution in [2.24, 2.45) is 0 Å². The number of phenols is 1. The standard InChI is InChI=1S/C15H18N2O/c18-15-5-4-12-6-7-16-10-13(12)14(15)11-17-8-2-1-3-9-17/h4-7,10,18H,1-3,8-9,11H2. The van der Waals surface area contributed by atoms with Crippen LogP contribution in [0.3, 0.4) is 0 Å². The van der Waals surface area contributed by atoms with Crippen LogP contribution in [-0.4, -0.2) is 28.1 Å². The van der Waals surface area contributed by atoms with Crippen molar-refractivity contribution < 1.29 is 5.11 Å².